The van der Waals surface area contributed by atoms with E-state index in [9.17, 15) is 24.8 Å². The maximum atomic E-state index is 13.8. The highest BCUT2D eigenvalue weighted by molar-refractivity contribution is 9.10. The fraction of sp³-hybridized carbons (Fsp3) is 0.296. The topological polar surface area (TPSA) is 142 Å². The van der Waals surface area contributed by atoms with Crippen molar-refractivity contribution in [2.75, 3.05) is 13.7 Å². The van der Waals surface area contributed by atoms with Gasteiger partial charge in [0.2, 0.25) is 5.75 Å². The van der Waals surface area contributed by atoms with E-state index in [-0.39, 0.29) is 27.3 Å². The second-order valence-corrected chi connectivity index (χ2v) is 10.9. The van der Waals surface area contributed by atoms with Crippen LogP contribution in [0.25, 0.3) is 6.08 Å². The van der Waals surface area contributed by atoms with Gasteiger partial charge in [0, 0.05) is 6.07 Å². The van der Waals surface area contributed by atoms with Gasteiger partial charge in [0.05, 0.1) is 51.1 Å². The molecule has 1 N–H and O–H groups in total. The van der Waals surface area contributed by atoms with Crippen molar-refractivity contribution >= 4 is 45.0 Å². The van der Waals surface area contributed by atoms with Crippen LogP contribution in [0, 0.1) is 10.1 Å². The average Bonchev–Trinajstić information content (AvgIpc) is 3.19. The number of phenols is 1. The molecule has 0 aliphatic carbocycles. The second-order valence-electron chi connectivity index (χ2n) is 9.01. The second kappa shape index (κ2) is 11.6. The van der Waals surface area contributed by atoms with E-state index >= 15 is 0 Å². The molecular formula is C27H26BrN3O8S. The third-order valence-electron chi connectivity index (χ3n) is 5.94. The first kappa shape index (κ1) is 29.0. The van der Waals surface area contributed by atoms with E-state index < -0.39 is 33.9 Å². The van der Waals surface area contributed by atoms with Gasteiger partial charge in [0.15, 0.2) is 16.3 Å². The third kappa shape index (κ3) is 5.52. The first-order chi connectivity index (χ1) is 19.0. The number of hydrogen-bond donors (Lipinski definition) is 1. The van der Waals surface area contributed by atoms with Crippen molar-refractivity contribution in [2.24, 2.45) is 4.99 Å². The number of halogens is 1. The van der Waals surface area contributed by atoms with E-state index in [0.29, 0.717) is 33.1 Å². The number of fused-ring (bicyclic) bond motifs is 1. The molecule has 0 saturated carbocycles. The zero-order valence-electron chi connectivity index (χ0n) is 22.3. The molecule has 40 heavy (non-hydrogen) atoms. The number of aromatic hydroxyl groups is 1. The molecule has 11 nitrogen and oxygen atoms in total. The van der Waals surface area contributed by atoms with Crippen LogP contribution in [0.4, 0.5) is 5.69 Å². The van der Waals surface area contributed by atoms with Gasteiger partial charge in [-0.05, 0) is 79.0 Å². The van der Waals surface area contributed by atoms with Crippen molar-refractivity contribution in [3.8, 4) is 17.2 Å². The molecule has 0 bridgehead atoms. The van der Waals surface area contributed by atoms with Gasteiger partial charge in [-0.1, -0.05) is 17.4 Å². The molecule has 0 unspecified atom stereocenters. The Kier molecular flexibility index (Phi) is 8.45. The molecule has 1 aliphatic rings. The molecule has 0 radical (unpaired) electrons. The van der Waals surface area contributed by atoms with Crippen LogP contribution in [-0.2, 0) is 9.53 Å². The Balaban J connectivity index is 1.96. The van der Waals surface area contributed by atoms with Crippen LogP contribution in [0.5, 0.6) is 17.2 Å². The van der Waals surface area contributed by atoms with Gasteiger partial charge in [-0.15, -0.1) is 0 Å². The summed E-state index contributed by atoms with van der Waals surface area (Å²) >= 11 is 4.19. The Morgan fingerprint density at radius 1 is 1.30 bits per heavy atom. The van der Waals surface area contributed by atoms with Crippen LogP contribution in [0.2, 0.25) is 0 Å². The van der Waals surface area contributed by atoms with Gasteiger partial charge in [-0.3, -0.25) is 19.5 Å². The highest BCUT2D eigenvalue weighted by Gasteiger charge is 2.34. The monoisotopic (exact) mass is 631 g/mol. The van der Waals surface area contributed by atoms with Crippen LogP contribution in [0.3, 0.4) is 0 Å². The van der Waals surface area contributed by atoms with E-state index in [0.717, 1.165) is 11.3 Å². The summed E-state index contributed by atoms with van der Waals surface area (Å²) in [6, 6.07) is 6.92. The number of ether oxygens (including phenoxy) is 3. The number of benzene rings is 2. The molecule has 0 spiro atoms. The summed E-state index contributed by atoms with van der Waals surface area (Å²) in [6.07, 6.45) is 1.37. The maximum Gasteiger partial charge on any atom is 0.338 e. The molecule has 2 aromatic carbocycles. The van der Waals surface area contributed by atoms with Gasteiger partial charge < -0.3 is 19.3 Å². The molecule has 3 aromatic rings. The van der Waals surface area contributed by atoms with Gasteiger partial charge in [-0.2, -0.15) is 0 Å². The van der Waals surface area contributed by atoms with Crippen LogP contribution in [0.1, 0.15) is 44.9 Å². The number of carbonyl (C=O) groups is 1. The Hall–Kier alpha value is -3.97. The lowest BCUT2D eigenvalue weighted by Gasteiger charge is -2.25. The predicted octanol–water partition coefficient (Wildman–Crippen LogP) is 3.97. The van der Waals surface area contributed by atoms with Gasteiger partial charge in [0.1, 0.15) is 0 Å². The lowest BCUT2D eigenvalue weighted by molar-refractivity contribution is -0.386. The molecule has 4 rings (SSSR count). The molecule has 0 fully saturated rings. The first-order valence-corrected chi connectivity index (χ1v) is 13.8. The molecular weight excluding hydrogens is 606 g/mol. The fourth-order valence-corrected chi connectivity index (χ4v) is 5.81. The number of carbonyl (C=O) groups excluding carboxylic acids is 1. The van der Waals surface area contributed by atoms with E-state index in [4.69, 9.17) is 14.2 Å². The minimum absolute atomic E-state index is 0.106. The number of nitro groups is 1. The van der Waals surface area contributed by atoms with Gasteiger partial charge >= 0.3 is 11.7 Å². The van der Waals surface area contributed by atoms with Gasteiger partial charge in [-0.25, -0.2) is 9.79 Å². The molecule has 1 atom stereocenters. The Morgan fingerprint density at radius 3 is 2.65 bits per heavy atom. The standard InChI is InChI=1S/C27H26BrN3O8S/c1-6-38-26(34)22-14(4)29-27-30(23(22)16-7-8-19(39-13(2)3)20(12-16)37-5)25(33)21(40-27)11-15-9-17(28)24(32)18(10-15)31(35)36/h7-13,23,32H,6H2,1-5H3/b21-11-/t23-/m0/s1. The number of esters is 1. The number of thiazole rings is 1. The summed E-state index contributed by atoms with van der Waals surface area (Å²) < 4.78 is 18.4. The van der Waals surface area contributed by atoms with Crippen molar-refractivity contribution in [1.29, 1.82) is 0 Å². The summed E-state index contributed by atoms with van der Waals surface area (Å²) in [6.45, 7) is 7.26. The fourth-order valence-electron chi connectivity index (χ4n) is 4.29. The number of hydrogen-bond acceptors (Lipinski definition) is 10. The van der Waals surface area contributed by atoms with Crippen molar-refractivity contribution < 1.29 is 29.0 Å². The first-order valence-electron chi connectivity index (χ1n) is 12.2. The summed E-state index contributed by atoms with van der Waals surface area (Å²) in [5.41, 5.74) is 0.500. The summed E-state index contributed by atoms with van der Waals surface area (Å²) in [5, 5.41) is 21.4. The quantitative estimate of drug-likeness (QED) is 0.223. The molecule has 1 aliphatic heterocycles. The van der Waals surface area contributed by atoms with E-state index in [1.807, 2.05) is 13.8 Å². The Labute approximate surface area is 240 Å². The van der Waals surface area contributed by atoms with Crippen LogP contribution < -0.4 is 24.4 Å². The summed E-state index contributed by atoms with van der Waals surface area (Å²) in [7, 11) is 1.50. The number of methoxy groups -OCH3 is 1. The van der Waals surface area contributed by atoms with Gasteiger partial charge in [0.25, 0.3) is 5.56 Å². The number of allylic oxidation sites excluding steroid dienone is 1. The molecule has 210 valence electrons. The van der Waals surface area contributed by atoms with Crippen LogP contribution >= 0.6 is 27.3 Å². The average molecular weight is 632 g/mol. The smallest absolute Gasteiger partial charge is 0.338 e. The SMILES string of the molecule is CCOC(=O)C1=C(C)N=c2s/c(=C\c3cc(Br)c(O)c([N+](=O)[O-])c3)c(=O)n2[C@H]1c1ccc(OC(C)C)c(OC)c1. The number of phenolic OH excluding ortho intramolecular Hbond substituents is 1. The summed E-state index contributed by atoms with van der Waals surface area (Å²) in [5.74, 6) is -0.196. The van der Waals surface area contributed by atoms with Crippen molar-refractivity contribution in [2.45, 2.75) is 39.8 Å². The largest absolute Gasteiger partial charge is 0.501 e. The predicted molar refractivity (Wildman–Crippen MR) is 152 cm³/mol. The number of nitrogens with zero attached hydrogens (tertiary/aromatic N) is 3. The minimum Gasteiger partial charge on any atom is -0.501 e. The normalized spacial score (nSPS) is 15.1. The molecule has 0 amide bonds. The molecule has 13 heteroatoms. The van der Waals surface area contributed by atoms with Crippen molar-refractivity contribution in [1.82, 2.24) is 4.57 Å². The highest BCUT2D eigenvalue weighted by Crippen LogP contribution is 2.37. The van der Waals surface area contributed by atoms with Crippen LogP contribution in [-0.4, -0.2) is 40.4 Å². The maximum absolute atomic E-state index is 13.8. The Bertz CT molecular complexity index is 1720. The van der Waals surface area contributed by atoms with Crippen molar-refractivity contribution in [3.05, 3.63) is 87.0 Å². The lowest BCUT2D eigenvalue weighted by Crippen LogP contribution is -2.40. The zero-order valence-corrected chi connectivity index (χ0v) is 24.7. The molecule has 2 heterocycles. The number of nitro benzene ring substituents is 1. The zero-order chi connectivity index (χ0) is 29.3. The molecule has 1 aromatic heterocycles. The molecule has 0 saturated heterocycles. The van der Waals surface area contributed by atoms with Crippen LogP contribution in [0.15, 0.2) is 55.9 Å². The summed E-state index contributed by atoms with van der Waals surface area (Å²) in [4.78, 5) is 42.5. The number of aromatic nitrogens is 1. The highest BCUT2D eigenvalue weighted by atomic mass is 79.9. The minimum atomic E-state index is -0.889. The lowest BCUT2D eigenvalue weighted by atomic mass is 9.95. The van der Waals surface area contributed by atoms with E-state index in [2.05, 4.69) is 20.9 Å². The van der Waals surface area contributed by atoms with E-state index in [1.54, 1.807) is 32.0 Å². The van der Waals surface area contributed by atoms with E-state index in [1.165, 1.54) is 29.9 Å². The third-order valence-corrected chi connectivity index (χ3v) is 7.53. The Morgan fingerprint density at radius 2 is 2.02 bits per heavy atom. The van der Waals surface area contributed by atoms with Crippen molar-refractivity contribution in [3.63, 3.8) is 0 Å². The number of rotatable bonds is 8.